The van der Waals surface area contributed by atoms with Gasteiger partial charge in [-0.15, -0.1) is 13.2 Å². The molecule has 0 spiro atoms. The SMILES string of the molecule is FC(F)c1cc2ccccc2cc1OC(F)(F)F. The van der Waals surface area contributed by atoms with Crippen molar-refractivity contribution in [2.75, 3.05) is 0 Å². The van der Waals surface area contributed by atoms with Crippen LogP contribution < -0.4 is 4.74 Å². The first-order valence-corrected chi connectivity index (χ1v) is 4.93. The standard InChI is InChI=1S/C12H7F5O/c13-11(14)9-5-7-3-1-2-4-8(7)6-10(9)18-12(15,16)17/h1-6,11H. The summed E-state index contributed by atoms with van der Waals surface area (Å²) < 4.78 is 65.3. The first-order valence-electron chi connectivity index (χ1n) is 4.93. The van der Waals surface area contributed by atoms with E-state index in [1.807, 2.05) is 0 Å². The highest BCUT2D eigenvalue weighted by Gasteiger charge is 2.33. The van der Waals surface area contributed by atoms with E-state index in [2.05, 4.69) is 4.74 Å². The molecule has 0 fully saturated rings. The van der Waals surface area contributed by atoms with E-state index in [0.717, 1.165) is 12.1 Å². The van der Waals surface area contributed by atoms with Crippen molar-refractivity contribution < 1.29 is 26.7 Å². The fourth-order valence-corrected chi connectivity index (χ4v) is 1.62. The molecule has 0 unspecified atom stereocenters. The maximum absolute atomic E-state index is 12.7. The summed E-state index contributed by atoms with van der Waals surface area (Å²) in [5.41, 5.74) is -0.772. The van der Waals surface area contributed by atoms with Gasteiger partial charge >= 0.3 is 6.36 Å². The van der Waals surface area contributed by atoms with Crippen molar-refractivity contribution in [1.82, 2.24) is 0 Å². The first-order chi connectivity index (χ1) is 8.37. The summed E-state index contributed by atoms with van der Waals surface area (Å²) in [6.45, 7) is 0. The van der Waals surface area contributed by atoms with Crippen molar-refractivity contribution in [1.29, 1.82) is 0 Å². The van der Waals surface area contributed by atoms with E-state index in [1.54, 1.807) is 18.2 Å². The second-order valence-electron chi connectivity index (χ2n) is 3.59. The lowest BCUT2D eigenvalue weighted by molar-refractivity contribution is -0.275. The van der Waals surface area contributed by atoms with E-state index in [-0.39, 0.29) is 0 Å². The summed E-state index contributed by atoms with van der Waals surface area (Å²) in [7, 11) is 0. The van der Waals surface area contributed by atoms with Gasteiger partial charge in [-0.1, -0.05) is 24.3 Å². The Bertz CT molecular complexity index is 562. The molecule has 0 aliphatic heterocycles. The van der Waals surface area contributed by atoms with Crippen LogP contribution in [0.4, 0.5) is 22.0 Å². The van der Waals surface area contributed by atoms with Gasteiger partial charge in [0, 0.05) is 0 Å². The van der Waals surface area contributed by atoms with Gasteiger partial charge in [0.15, 0.2) is 0 Å². The monoisotopic (exact) mass is 262 g/mol. The predicted octanol–water partition coefficient (Wildman–Crippen LogP) is 4.68. The third-order valence-corrected chi connectivity index (χ3v) is 2.34. The number of hydrogen-bond donors (Lipinski definition) is 0. The van der Waals surface area contributed by atoms with Crippen LogP contribution in [0, 0.1) is 0 Å². The lowest BCUT2D eigenvalue weighted by Crippen LogP contribution is -2.18. The Kier molecular flexibility index (Phi) is 3.11. The lowest BCUT2D eigenvalue weighted by atomic mass is 10.1. The van der Waals surface area contributed by atoms with Crippen molar-refractivity contribution in [3.63, 3.8) is 0 Å². The average molecular weight is 262 g/mol. The molecule has 0 aliphatic rings. The molecular formula is C12H7F5O. The quantitative estimate of drug-likeness (QED) is 0.714. The van der Waals surface area contributed by atoms with Crippen molar-refractivity contribution in [3.05, 3.63) is 42.0 Å². The number of hydrogen-bond acceptors (Lipinski definition) is 1. The van der Waals surface area contributed by atoms with Crippen molar-refractivity contribution >= 4 is 10.8 Å². The Balaban J connectivity index is 2.58. The molecule has 96 valence electrons. The highest BCUT2D eigenvalue weighted by atomic mass is 19.4. The molecule has 0 heterocycles. The number of benzene rings is 2. The third-order valence-electron chi connectivity index (χ3n) is 2.34. The van der Waals surface area contributed by atoms with Gasteiger partial charge in [0.05, 0.1) is 5.56 Å². The molecule has 0 radical (unpaired) electrons. The largest absolute Gasteiger partial charge is 0.573 e. The molecule has 0 atom stereocenters. The van der Waals surface area contributed by atoms with Crippen LogP contribution in [0.25, 0.3) is 10.8 Å². The van der Waals surface area contributed by atoms with E-state index >= 15 is 0 Å². The van der Waals surface area contributed by atoms with E-state index in [0.29, 0.717) is 10.8 Å². The van der Waals surface area contributed by atoms with Gasteiger partial charge < -0.3 is 4.74 Å². The zero-order chi connectivity index (χ0) is 13.3. The minimum atomic E-state index is -4.99. The van der Waals surface area contributed by atoms with Crippen LogP contribution in [0.1, 0.15) is 12.0 Å². The van der Waals surface area contributed by atoms with Crippen molar-refractivity contribution in [2.24, 2.45) is 0 Å². The van der Waals surface area contributed by atoms with E-state index in [9.17, 15) is 22.0 Å². The Morgan fingerprint density at radius 1 is 0.944 bits per heavy atom. The summed E-state index contributed by atoms with van der Waals surface area (Å²) in [5.74, 6) is -0.865. The Morgan fingerprint density at radius 3 is 2.00 bits per heavy atom. The van der Waals surface area contributed by atoms with E-state index < -0.39 is 24.1 Å². The lowest BCUT2D eigenvalue weighted by Gasteiger charge is -2.14. The van der Waals surface area contributed by atoms with Crippen LogP contribution in [0.2, 0.25) is 0 Å². The molecule has 2 aromatic carbocycles. The minimum absolute atomic E-state index is 0.404. The maximum Gasteiger partial charge on any atom is 0.573 e. The highest BCUT2D eigenvalue weighted by molar-refractivity contribution is 5.85. The molecule has 0 amide bonds. The molecular weight excluding hydrogens is 255 g/mol. The van der Waals surface area contributed by atoms with Crippen molar-refractivity contribution in [2.45, 2.75) is 12.8 Å². The number of fused-ring (bicyclic) bond motifs is 1. The Morgan fingerprint density at radius 2 is 1.50 bits per heavy atom. The second-order valence-corrected chi connectivity index (χ2v) is 3.59. The Hall–Kier alpha value is -1.85. The molecule has 0 saturated heterocycles. The smallest absolute Gasteiger partial charge is 0.405 e. The fourth-order valence-electron chi connectivity index (χ4n) is 1.62. The number of halogens is 5. The zero-order valence-electron chi connectivity index (χ0n) is 8.84. The summed E-state index contributed by atoms with van der Waals surface area (Å²) >= 11 is 0. The van der Waals surface area contributed by atoms with Crippen LogP contribution in [-0.4, -0.2) is 6.36 Å². The molecule has 0 N–H and O–H groups in total. The molecule has 2 aromatic rings. The molecule has 0 aromatic heterocycles. The number of ether oxygens (including phenoxy) is 1. The highest BCUT2D eigenvalue weighted by Crippen LogP contribution is 2.36. The van der Waals surface area contributed by atoms with Crippen LogP contribution in [0.3, 0.4) is 0 Å². The Labute approximate surface area is 98.8 Å². The fraction of sp³-hybridized carbons (Fsp3) is 0.167. The average Bonchev–Trinajstić information content (AvgIpc) is 2.25. The molecule has 6 heteroatoms. The predicted molar refractivity (Wildman–Crippen MR) is 55.6 cm³/mol. The molecule has 1 nitrogen and oxygen atoms in total. The summed E-state index contributed by atoms with van der Waals surface area (Å²) in [4.78, 5) is 0. The van der Waals surface area contributed by atoms with Crippen LogP contribution in [0.5, 0.6) is 5.75 Å². The maximum atomic E-state index is 12.7. The van der Waals surface area contributed by atoms with Gasteiger partial charge in [0.1, 0.15) is 5.75 Å². The van der Waals surface area contributed by atoms with Crippen LogP contribution in [0.15, 0.2) is 36.4 Å². The van der Waals surface area contributed by atoms with Gasteiger partial charge in [-0.2, -0.15) is 0 Å². The van der Waals surface area contributed by atoms with Gasteiger partial charge in [-0.3, -0.25) is 0 Å². The molecule has 0 bridgehead atoms. The normalized spacial score (nSPS) is 12.1. The number of alkyl halides is 5. The first kappa shape index (κ1) is 12.6. The van der Waals surface area contributed by atoms with E-state index in [4.69, 9.17) is 0 Å². The van der Waals surface area contributed by atoms with Crippen LogP contribution >= 0.6 is 0 Å². The third kappa shape index (κ3) is 2.69. The van der Waals surface area contributed by atoms with E-state index in [1.165, 1.54) is 6.07 Å². The van der Waals surface area contributed by atoms with Gasteiger partial charge in [-0.05, 0) is 22.9 Å². The van der Waals surface area contributed by atoms with Gasteiger partial charge in [0.25, 0.3) is 6.43 Å². The summed E-state index contributed by atoms with van der Waals surface area (Å²) in [6, 6.07) is 8.24. The second kappa shape index (κ2) is 4.44. The topological polar surface area (TPSA) is 9.23 Å². The minimum Gasteiger partial charge on any atom is -0.405 e. The number of rotatable bonds is 2. The van der Waals surface area contributed by atoms with Gasteiger partial charge in [-0.25, -0.2) is 8.78 Å². The van der Waals surface area contributed by atoms with Crippen molar-refractivity contribution in [3.8, 4) is 5.75 Å². The summed E-state index contributed by atoms with van der Waals surface area (Å²) in [5, 5.41) is 0.837. The molecule has 18 heavy (non-hydrogen) atoms. The molecule has 0 saturated carbocycles. The van der Waals surface area contributed by atoms with Crippen LogP contribution in [-0.2, 0) is 0 Å². The zero-order valence-corrected chi connectivity index (χ0v) is 8.84. The summed E-state index contributed by atoms with van der Waals surface area (Å²) in [6.07, 6.45) is -8.03. The molecule has 0 aliphatic carbocycles. The van der Waals surface area contributed by atoms with Gasteiger partial charge in [0.2, 0.25) is 0 Å². The molecule has 2 rings (SSSR count).